The zero-order valence-corrected chi connectivity index (χ0v) is 20.9. The van der Waals surface area contributed by atoms with Crippen molar-refractivity contribution in [1.29, 1.82) is 0 Å². The number of anilines is 1. The molecular weight excluding hydrogens is 516 g/mol. The van der Waals surface area contributed by atoms with Crippen LogP contribution in [0.2, 0.25) is 0 Å². The molecule has 4 heterocycles. The highest BCUT2D eigenvalue weighted by atomic mass is 32.2. The molecule has 2 aromatic heterocycles. The summed E-state index contributed by atoms with van der Waals surface area (Å²) in [6, 6.07) is 3.08. The Bertz CT molecular complexity index is 1300. The van der Waals surface area contributed by atoms with Crippen molar-refractivity contribution in [3.8, 4) is 0 Å². The Morgan fingerprint density at radius 3 is 2.66 bits per heavy atom. The third-order valence-corrected chi connectivity index (χ3v) is 8.86. The molecule has 4 rings (SSSR count). The van der Waals surface area contributed by atoms with E-state index in [-0.39, 0.29) is 22.3 Å². The number of pyridine rings is 1. The van der Waals surface area contributed by atoms with Crippen LogP contribution in [0.15, 0.2) is 47.2 Å². The monoisotopic (exact) mass is 539 g/mol. The molecule has 15 heteroatoms. The molecule has 12 nitrogen and oxygen atoms in total. The van der Waals surface area contributed by atoms with Gasteiger partial charge in [0.15, 0.2) is 24.1 Å². The lowest BCUT2D eigenvalue weighted by Crippen LogP contribution is -2.71. The second-order valence-electron chi connectivity index (χ2n) is 7.77. The van der Waals surface area contributed by atoms with Crippen LogP contribution in [0.4, 0.5) is 5.13 Å². The molecule has 0 bridgehead atoms. The van der Waals surface area contributed by atoms with Crippen LogP contribution in [0.1, 0.15) is 18.7 Å². The third kappa shape index (κ3) is 5.17. The van der Waals surface area contributed by atoms with Crippen molar-refractivity contribution in [2.45, 2.75) is 30.9 Å². The minimum atomic E-state index is -3.80. The van der Waals surface area contributed by atoms with E-state index in [1.165, 1.54) is 29.0 Å². The SMILES string of the molecule is CCS(=O)(=O)N[C@@H](C(=O)N[C@@H]1C(=O)N2C(C(=O)O)=C(C[n+]3ccccc3)CS[C@H]12)c1csc(N)n1. The van der Waals surface area contributed by atoms with Crippen LogP contribution in [0.25, 0.3) is 0 Å². The number of carboxylic acid groups (broad SMARTS) is 1. The van der Waals surface area contributed by atoms with Gasteiger partial charge in [-0.1, -0.05) is 6.07 Å². The first-order valence-electron chi connectivity index (χ1n) is 10.5. The Morgan fingerprint density at radius 1 is 1.34 bits per heavy atom. The topological polar surface area (TPSA) is 176 Å². The molecular formula is C20H23N6O6S3+. The van der Waals surface area contributed by atoms with Crippen LogP contribution >= 0.6 is 23.1 Å². The summed E-state index contributed by atoms with van der Waals surface area (Å²) in [7, 11) is -3.80. The van der Waals surface area contributed by atoms with E-state index in [4.69, 9.17) is 5.73 Å². The number of rotatable bonds is 9. The van der Waals surface area contributed by atoms with Gasteiger partial charge >= 0.3 is 5.97 Å². The van der Waals surface area contributed by atoms with Crippen molar-refractivity contribution in [3.63, 3.8) is 0 Å². The van der Waals surface area contributed by atoms with Crippen LogP contribution in [-0.2, 0) is 31.0 Å². The molecule has 2 aliphatic rings. The molecule has 0 aliphatic carbocycles. The Kier molecular flexibility index (Phi) is 7.12. The molecule has 2 aromatic rings. The number of thiazole rings is 1. The lowest BCUT2D eigenvalue weighted by Gasteiger charge is -2.49. The standard InChI is InChI=1S/C20H22N6O6S3/c1-2-35(31,32)24-13(12-10-34-20(21)22-12)16(27)23-14-17(28)26-15(19(29)30)11(9-33-18(14)26)8-25-6-4-3-5-7-25/h3-7,10,13-14,18,24H,2,8-9H2,1H3,(H3-,21,22,23,27,29,30)/p+1/t13-,14-,18-/m1/s1. The highest BCUT2D eigenvalue weighted by Crippen LogP contribution is 2.40. The Labute approximate surface area is 209 Å². The normalized spacial score (nSPS) is 20.7. The van der Waals surface area contributed by atoms with E-state index in [1.54, 1.807) is 12.4 Å². The second kappa shape index (κ2) is 9.93. The molecule has 0 aromatic carbocycles. The number of aromatic nitrogens is 2. The molecule has 2 amide bonds. The van der Waals surface area contributed by atoms with Gasteiger partial charge in [0.2, 0.25) is 15.9 Å². The molecule has 1 saturated heterocycles. The minimum absolute atomic E-state index is 0.101. The molecule has 2 aliphatic heterocycles. The van der Waals surface area contributed by atoms with Crippen LogP contribution < -0.4 is 20.3 Å². The summed E-state index contributed by atoms with van der Waals surface area (Å²) < 4.78 is 28.4. The van der Waals surface area contributed by atoms with Gasteiger partial charge in [0, 0.05) is 28.8 Å². The Morgan fingerprint density at radius 2 is 2.06 bits per heavy atom. The lowest BCUT2D eigenvalue weighted by atomic mass is 10.0. The molecule has 35 heavy (non-hydrogen) atoms. The summed E-state index contributed by atoms with van der Waals surface area (Å²) in [4.78, 5) is 43.3. The highest BCUT2D eigenvalue weighted by Gasteiger charge is 2.55. The third-order valence-electron chi connectivity index (χ3n) is 5.47. The molecule has 5 N–H and O–H groups in total. The number of carbonyl (C=O) groups is 3. The van der Waals surface area contributed by atoms with Crippen molar-refractivity contribution < 1.29 is 32.5 Å². The minimum Gasteiger partial charge on any atom is -0.477 e. The predicted octanol–water partition coefficient (Wildman–Crippen LogP) is -0.568. The van der Waals surface area contributed by atoms with Crippen LogP contribution in [0.5, 0.6) is 0 Å². The van der Waals surface area contributed by atoms with Crippen molar-refractivity contribution in [2.24, 2.45) is 0 Å². The van der Waals surface area contributed by atoms with Gasteiger partial charge in [0.1, 0.15) is 23.2 Å². The van der Waals surface area contributed by atoms with E-state index in [0.29, 0.717) is 17.9 Å². The van der Waals surface area contributed by atoms with E-state index >= 15 is 0 Å². The number of carboxylic acids is 1. The number of sulfonamides is 1. The number of amides is 2. The van der Waals surface area contributed by atoms with Gasteiger partial charge in [0.25, 0.3) is 5.91 Å². The maximum Gasteiger partial charge on any atom is 0.352 e. The van der Waals surface area contributed by atoms with Crippen LogP contribution in [-0.4, -0.2) is 64.1 Å². The van der Waals surface area contributed by atoms with E-state index in [1.807, 2.05) is 22.8 Å². The summed E-state index contributed by atoms with van der Waals surface area (Å²) >= 11 is 2.37. The van der Waals surface area contributed by atoms with Crippen molar-refractivity contribution in [3.05, 3.63) is 52.9 Å². The largest absolute Gasteiger partial charge is 0.477 e. The van der Waals surface area contributed by atoms with Crippen LogP contribution in [0, 0.1) is 0 Å². The van der Waals surface area contributed by atoms with E-state index < -0.39 is 45.3 Å². The maximum atomic E-state index is 13.1. The molecule has 3 atom stereocenters. The number of nitrogens with one attached hydrogen (secondary N) is 2. The highest BCUT2D eigenvalue weighted by molar-refractivity contribution is 8.00. The quantitative estimate of drug-likeness (QED) is 0.240. The molecule has 0 saturated carbocycles. The van der Waals surface area contributed by atoms with Crippen molar-refractivity contribution in [2.75, 3.05) is 17.2 Å². The smallest absolute Gasteiger partial charge is 0.352 e. The van der Waals surface area contributed by atoms with Gasteiger partial charge in [-0.2, -0.15) is 4.72 Å². The fourth-order valence-corrected chi connectivity index (χ4v) is 6.42. The predicted molar refractivity (Wildman–Crippen MR) is 128 cm³/mol. The first kappa shape index (κ1) is 25.1. The number of hydrogen-bond donors (Lipinski definition) is 4. The Hall–Kier alpha value is -3.01. The number of thioether (sulfide) groups is 1. The van der Waals surface area contributed by atoms with Crippen LogP contribution in [0.3, 0.4) is 0 Å². The summed E-state index contributed by atoms with van der Waals surface area (Å²) in [5, 5.41) is 13.4. The van der Waals surface area contributed by atoms with E-state index in [2.05, 4.69) is 15.0 Å². The number of fused-ring (bicyclic) bond motifs is 1. The molecule has 1 fully saturated rings. The number of nitrogen functional groups attached to an aromatic ring is 1. The van der Waals surface area contributed by atoms with E-state index in [0.717, 1.165) is 11.3 Å². The number of nitrogens with two attached hydrogens (primary N) is 1. The molecule has 0 radical (unpaired) electrons. The number of aliphatic carboxylic acids is 1. The van der Waals surface area contributed by atoms with Gasteiger partial charge in [-0.25, -0.2) is 22.8 Å². The Balaban J connectivity index is 1.54. The second-order valence-corrected chi connectivity index (χ2v) is 11.8. The molecule has 0 spiro atoms. The zero-order valence-electron chi connectivity index (χ0n) is 18.4. The number of hydrogen-bond acceptors (Lipinski definition) is 9. The molecule has 0 unspecified atom stereocenters. The number of β-lactam (4-membered cyclic amide) rings is 1. The molecule has 186 valence electrons. The first-order chi connectivity index (χ1) is 16.6. The first-order valence-corrected chi connectivity index (χ1v) is 14.0. The lowest BCUT2D eigenvalue weighted by molar-refractivity contribution is -0.689. The van der Waals surface area contributed by atoms with E-state index in [9.17, 15) is 27.9 Å². The van der Waals surface area contributed by atoms with Crippen molar-refractivity contribution >= 4 is 56.0 Å². The van der Waals surface area contributed by atoms with Crippen molar-refractivity contribution in [1.82, 2.24) is 19.9 Å². The summed E-state index contributed by atoms with van der Waals surface area (Å²) in [6.07, 6.45) is 3.60. The van der Waals surface area contributed by atoms with Gasteiger partial charge < -0.3 is 16.2 Å². The van der Waals surface area contributed by atoms with Gasteiger partial charge in [-0.05, 0) is 6.92 Å². The zero-order chi connectivity index (χ0) is 25.3. The van der Waals surface area contributed by atoms with Gasteiger partial charge in [-0.15, -0.1) is 23.1 Å². The maximum absolute atomic E-state index is 13.1. The summed E-state index contributed by atoms with van der Waals surface area (Å²) in [5.74, 6) is -2.51. The fourth-order valence-electron chi connectivity index (χ4n) is 3.75. The number of carbonyl (C=O) groups excluding carboxylic acids is 2. The average Bonchev–Trinajstić information content (AvgIpc) is 3.27. The summed E-state index contributed by atoms with van der Waals surface area (Å²) in [6.45, 7) is 1.72. The number of nitrogens with zero attached hydrogens (tertiary/aromatic N) is 3. The van der Waals surface area contributed by atoms with Gasteiger partial charge in [0.05, 0.1) is 11.4 Å². The van der Waals surface area contributed by atoms with Gasteiger partial charge in [-0.3, -0.25) is 14.5 Å². The average molecular weight is 540 g/mol. The summed E-state index contributed by atoms with van der Waals surface area (Å²) in [5.41, 5.74) is 6.22. The fraction of sp³-hybridized carbons (Fsp3) is 0.350.